The Morgan fingerprint density at radius 3 is 2.70 bits per heavy atom. The minimum atomic E-state index is -2.63. The van der Waals surface area contributed by atoms with Crippen LogP contribution < -0.4 is 11.1 Å². The molecule has 1 heterocycles. The number of nitrogens with one attached hydrogen (secondary N) is 1. The van der Waals surface area contributed by atoms with Crippen LogP contribution in [0.1, 0.15) is 26.3 Å². The van der Waals surface area contributed by atoms with Crippen LogP contribution >= 0.6 is 0 Å². The van der Waals surface area contributed by atoms with Crippen molar-refractivity contribution in [1.82, 2.24) is 5.48 Å². The molecule has 0 saturated carbocycles. The predicted molar refractivity (Wildman–Crippen MR) is 82.8 cm³/mol. The second-order valence-electron chi connectivity index (χ2n) is 6.02. The van der Waals surface area contributed by atoms with Crippen LogP contribution in [0, 0.1) is 0 Å². The summed E-state index contributed by atoms with van der Waals surface area (Å²) in [6.07, 6.45) is -0.162. The van der Waals surface area contributed by atoms with Gasteiger partial charge >= 0.3 is 13.4 Å². The minimum Gasteiger partial charge on any atom is -0.464 e. The molecule has 1 N–H and O–H groups in total. The Bertz CT molecular complexity index is 682. The number of fused-ring (bicyclic) bond motifs is 1. The molecule has 5 nitrogen and oxygen atoms in total. The number of carbonyl (C=O) groups excluding carboxylic acids is 1. The van der Waals surface area contributed by atoms with E-state index in [1.807, 2.05) is 0 Å². The minimum absolute atomic E-state index is 0.226. The maximum absolute atomic E-state index is 12.6. The molecule has 23 heavy (non-hydrogen) atoms. The van der Waals surface area contributed by atoms with Gasteiger partial charge in [-0.3, -0.25) is 13.5 Å². The van der Waals surface area contributed by atoms with Crippen LogP contribution in [0.3, 0.4) is 0 Å². The number of furan rings is 1. The lowest BCUT2D eigenvalue weighted by atomic mass is 9.94. The number of rotatable bonds is 5. The van der Waals surface area contributed by atoms with E-state index in [0.717, 1.165) is 5.56 Å². The normalized spacial score (nSPS) is 11.5. The zero-order valence-electron chi connectivity index (χ0n) is 13.2. The van der Waals surface area contributed by atoms with Crippen LogP contribution in [-0.2, 0) is 16.0 Å². The molecule has 0 bridgehead atoms. The van der Waals surface area contributed by atoms with Crippen molar-refractivity contribution in [1.29, 1.82) is 0 Å². The molecule has 124 valence electrons. The first-order valence-corrected chi connectivity index (χ1v) is 7.16. The van der Waals surface area contributed by atoms with E-state index in [9.17, 15) is 13.4 Å². The summed E-state index contributed by atoms with van der Waals surface area (Å²) in [6, 6.07) is 6.47. The largest absolute Gasteiger partial charge is 0.608 e. The zero-order chi connectivity index (χ0) is 17.0. The number of benzene rings is 1. The van der Waals surface area contributed by atoms with Crippen molar-refractivity contribution in [2.45, 2.75) is 32.8 Å². The number of halogens is 2. The van der Waals surface area contributed by atoms with E-state index in [-0.39, 0.29) is 12.3 Å². The fraction of sp³-hybridized carbons (Fsp3) is 0.400. The molecule has 0 radical (unpaired) electrons. The van der Waals surface area contributed by atoms with Gasteiger partial charge < -0.3 is 9.15 Å². The second kappa shape index (κ2) is 7.00. The Kier molecular flexibility index (Phi) is 5.25. The van der Waals surface area contributed by atoms with Gasteiger partial charge in [-0.1, -0.05) is 6.07 Å². The van der Waals surface area contributed by atoms with Gasteiger partial charge in [-0.2, -0.15) is 5.48 Å². The van der Waals surface area contributed by atoms with Crippen LogP contribution in [-0.4, -0.2) is 25.6 Å². The standard InChI is InChI=1S/C15H18BF2NO4/c1-15(2,3)23-14(20)19-21-7-6-10-4-5-12-11(8-10)9-13(22-12)16(17)18/h4-5,8-9H,6-7H2,1-3H3,(H,19,20). The van der Waals surface area contributed by atoms with E-state index in [1.165, 1.54) is 6.07 Å². The molecule has 2 aromatic rings. The van der Waals surface area contributed by atoms with E-state index in [4.69, 9.17) is 14.0 Å². The molecule has 2 rings (SSSR count). The lowest BCUT2D eigenvalue weighted by Crippen LogP contribution is -2.32. The molecule has 0 aliphatic rings. The van der Waals surface area contributed by atoms with Crippen molar-refractivity contribution in [2.24, 2.45) is 0 Å². The molecule has 0 fully saturated rings. The number of amides is 1. The molecular formula is C15H18BF2NO4. The van der Waals surface area contributed by atoms with Crippen LogP contribution in [0.2, 0.25) is 0 Å². The Morgan fingerprint density at radius 2 is 2.04 bits per heavy atom. The smallest absolute Gasteiger partial charge is 0.464 e. The fourth-order valence-electron chi connectivity index (χ4n) is 1.95. The topological polar surface area (TPSA) is 60.7 Å². The van der Waals surface area contributed by atoms with Gasteiger partial charge in [0.25, 0.3) is 0 Å². The highest BCUT2D eigenvalue weighted by Gasteiger charge is 2.21. The summed E-state index contributed by atoms with van der Waals surface area (Å²) < 4.78 is 35.2. The molecule has 0 unspecified atom stereocenters. The van der Waals surface area contributed by atoms with Crippen molar-refractivity contribution in [3.05, 3.63) is 29.8 Å². The third-order valence-electron chi connectivity index (χ3n) is 2.86. The first-order chi connectivity index (χ1) is 10.7. The summed E-state index contributed by atoms with van der Waals surface area (Å²) in [5.74, 6) is 0. The van der Waals surface area contributed by atoms with Crippen molar-refractivity contribution in [3.63, 3.8) is 0 Å². The maximum Gasteiger partial charge on any atom is 0.608 e. The Labute approximate surface area is 133 Å². The molecule has 0 spiro atoms. The monoisotopic (exact) mass is 325 g/mol. The second-order valence-corrected chi connectivity index (χ2v) is 6.02. The molecule has 8 heteroatoms. The van der Waals surface area contributed by atoms with Gasteiger partial charge in [0.1, 0.15) is 16.8 Å². The number of ether oxygens (including phenoxy) is 1. The van der Waals surface area contributed by atoms with Crippen LogP contribution in [0.5, 0.6) is 0 Å². The highest BCUT2D eigenvalue weighted by atomic mass is 19.2. The van der Waals surface area contributed by atoms with Crippen molar-refractivity contribution in [2.75, 3.05) is 6.61 Å². The molecule has 1 aromatic heterocycles. The average Bonchev–Trinajstić information content (AvgIpc) is 2.85. The Morgan fingerprint density at radius 1 is 1.30 bits per heavy atom. The summed E-state index contributed by atoms with van der Waals surface area (Å²) in [4.78, 5) is 16.4. The predicted octanol–water partition coefficient (Wildman–Crippen LogP) is 3.07. The van der Waals surface area contributed by atoms with Gasteiger partial charge in [0.2, 0.25) is 0 Å². The van der Waals surface area contributed by atoms with E-state index in [0.29, 0.717) is 17.4 Å². The Balaban J connectivity index is 1.84. The van der Waals surface area contributed by atoms with Crippen LogP contribution in [0.4, 0.5) is 13.4 Å². The first kappa shape index (κ1) is 17.3. The molecule has 0 aliphatic heterocycles. The highest BCUT2D eigenvalue weighted by Crippen LogP contribution is 2.17. The van der Waals surface area contributed by atoms with E-state index < -0.39 is 19.0 Å². The van der Waals surface area contributed by atoms with E-state index in [2.05, 4.69) is 5.48 Å². The molecule has 1 aromatic carbocycles. The van der Waals surface area contributed by atoms with Crippen LogP contribution in [0.25, 0.3) is 11.0 Å². The summed E-state index contributed by atoms with van der Waals surface area (Å²) in [5.41, 5.74) is 2.54. The first-order valence-electron chi connectivity index (χ1n) is 7.16. The lowest BCUT2D eigenvalue weighted by Gasteiger charge is -2.19. The number of hydroxylamine groups is 1. The zero-order valence-corrected chi connectivity index (χ0v) is 13.2. The van der Waals surface area contributed by atoms with Crippen molar-refractivity contribution >= 4 is 30.0 Å². The molecule has 0 atom stereocenters. The maximum atomic E-state index is 12.6. The quantitative estimate of drug-likeness (QED) is 0.521. The van der Waals surface area contributed by atoms with Crippen LogP contribution in [0.15, 0.2) is 28.7 Å². The summed E-state index contributed by atoms with van der Waals surface area (Å²) >= 11 is 0. The van der Waals surface area contributed by atoms with Gasteiger partial charge in [-0.25, -0.2) is 4.79 Å². The van der Waals surface area contributed by atoms with E-state index in [1.54, 1.807) is 39.0 Å². The van der Waals surface area contributed by atoms with Gasteiger partial charge in [-0.15, -0.1) is 0 Å². The Hall–Kier alpha value is -2.09. The molecule has 0 saturated heterocycles. The average molecular weight is 325 g/mol. The van der Waals surface area contributed by atoms with E-state index >= 15 is 0 Å². The molecular weight excluding hydrogens is 307 g/mol. The number of hydrogen-bond donors (Lipinski definition) is 1. The van der Waals surface area contributed by atoms with Gasteiger partial charge in [0.05, 0.1) is 6.61 Å². The van der Waals surface area contributed by atoms with Gasteiger partial charge in [-0.05, 0) is 51.0 Å². The fourth-order valence-corrected chi connectivity index (χ4v) is 1.95. The lowest BCUT2D eigenvalue weighted by molar-refractivity contribution is -0.00686. The molecule has 0 aliphatic carbocycles. The summed E-state index contributed by atoms with van der Waals surface area (Å²) in [7, 11) is -2.63. The van der Waals surface area contributed by atoms with Gasteiger partial charge in [0.15, 0.2) is 0 Å². The molecule has 1 amide bonds. The summed E-state index contributed by atoms with van der Waals surface area (Å²) in [6.45, 7) is 5.48. The summed E-state index contributed by atoms with van der Waals surface area (Å²) in [5, 5.41) is 0.609. The highest BCUT2D eigenvalue weighted by molar-refractivity contribution is 6.58. The number of carbonyl (C=O) groups is 1. The third kappa shape index (κ3) is 5.24. The SMILES string of the molecule is CC(C)(C)OC(=O)NOCCc1ccc2oc(B(F)F)cc2c1. The third-order valence-corrected chi connectivity index (χ3v) is 2.86. The number of hydrogen-bond acceptors (Lipinski definition) is 4. The van der Waals surface area contributed by atoms with Crippen molar-refractivity contribution in [3.8, 4) is 0 Å². The van der Waals surface area contributed by atoms with Crippen molar-refractivity contribution < 1.29 is 27.4 Å². The van der Waals surface area contributed by atoms with Gasteiger partial charge in [0, 0.05) is 5.39 Å².